The fourth-order valence-electron chi connectivity index (χ4n) is 4.19. The third kappa shape index (κ3) is 8.79. The summed E-state index contributed by atoms with van der Waals surface area (Å²) in [6.45, 7) is 10.2. The Kier molecular flexibility index (Phi) is 9.56. The summed E-state index contributed by atoms with van der Waals surface area (Å²) in [6, 6.07) is 19.1. The van der Waals surface area contributed by atoms with E-state index in [1.807, 2.05) is 30.3 Å². The van der Waals surface area contributed by atoms with Gasteiger partial charge in [0.2, 0.25) is 5.91 Å². The molecule has 1 N–H and O–H groups in total. The molecule has 11 heteroatoms. The molecule has 4 rings (SSSR count). The predicted molar refractivity (Wildman–Crippen MR) is 161 cm³/mol. The smallest absolute Gasteiger partial charge is 0.425 e. The van der Waals surface area contributed by atoms with E-state index in [4.69, 9.17) is 18.9 Å². The number of pyridine rings is 1. The fourth-order valence-corrected chi connectivity index (χ4v) is 4.19. The van der Waals surface area contributed by atoms with Crippen LogP contribution >= 0.6 is 0 Å². The number of hydrogen-bond acceptors (Lipinski definition) is 9. The Labute approximate surface area is 256 Å². The zero-order chi connectivity index (χ0) is 32.1. The Morgan fingerprint density at radius 2 is 1.50 bits per heavy atom. The average molecular weight is 604 g/mol. The molecule has 1 aliphatic heterocycles. The lowest BCUT2D eigenvalue weighted by molar-refractivity contribution is -0.144. The molecule has 0 spiro atoms. The van der Waals surface area contributed by atoms with Crippen molar-refractivity contribution >= 4 is 29.9 Å². The molecule has 0 unspecified atom stereocenters. The van der Waals surface area contributed by atoms with Gasteiger partial charge in [-0.25, -0.2) is 19.4 Å². The molecule has 0 bridgehead atoms. The number of imide groups is 1. The lowest BCUT2D eigenvalue weighted by Crippen LogP contribution is -2.61. The molecule has 0 saturated carbocycles. The van der Waals surface area contributed by atoms with Gasteiger partial charge in [0.1, 0.15) is 29.4 Å². The number of β-lactam (4-membered cyclic amide) rings is 1. The van der Waals surface area contributed by atoms with E-state index in [1.54, 1.807) is 71.9 Å². The molecular formula is C33H37N3O8. The molecule has 2 heterocycles. The second kappa shape index (κ2) is 13.2. The molecule has 2 aromatic carbocycles. The summed E-state index contributed by atoms with van der Waals surface area (Å²) in [4.78, 5) is 56.1. The van der Waals surface area contributed by atoms with Crippen LogP contribution in [0.5, 0.6) is 5.75 Å². The maximum atomic E-state index is 13.0. The molecule has 11 nitrogen and oxygen atoms in total. The summed E-state index contributed by atoms with van der Waals surface area (Å²) in [5.41, 5.74) is 0.0503. The fraction of sp³-hybridized carbons (Fsp3) is 0.364. The van der Waals surface area contributed by atoms with Crippen molar-refractivity contribution in [3.8, 4) is 5.75 Å². The highest BCUT2D eigenvalue weighted by Crippen LogP contribution is 2.27. The summed E-state index contributed by atoms with van der Waals surface area (Å²) in [7, 11) is 0. The van der Waals surface area contributed by atoms with Gasteiger partial charge in [0.15, 0.2) is 6.23 Å². The molecule has 1 aliphatic rings. The Morgan fingerprint density at radius 3 is 2.11 bits per heavy atom. The Morgan fingerprint density at radius 1 is 0.841 bits per heavy atom. The van der Waals surface area contributed by atoms with Crippen molar-refractivity contribution in [2.45, 2.75) is 72.0 Å². The monoisotopic (exact) mass is 603 g/mol. The zero-order valence-corrected chi connectivity index (χ0v) is 25.7. The van der Waals surface area contributed by atoms with Crippen molar-refractivity contribution in [1.82, 2.24) is 10.3 Å². The van der Waals surface area contributed by atoms with E-state index in [1.165, 1.54) is 12.3 Å². The molecule has 1 saturated heterocycles. The van der Waals surface area contributed by atoms with Crippen LogP contribution in [0.4, 0.5) is 15.4 Å². The minimum Gasteiger partial charge on any atom is -0.470 e. The van der Waals surface area contributed by atoms with Gasteiger partial charge in [0, 0.05) is 6.20 Å². The van der Waals surface area contributed by atoms with Crippen molar-refractivity contribution in [1.29, 1.82) is 0 Å². The Bertz CT molecular complexity index is 1480. The first-order valence-corrected chi connectivity index (χ1v) is 14.2. The average Bonchev–Trinajstić information content (AvgIpc) is 2.93. The van der Waals surface area contributed by atoms with E-state index in [0.717, 1.165) is 10.5 Å². The van der Waals surface area contributed by atoms with Gasteiger partial charge >= 0.3 is 18.2 Å². The number of carbonyl (C=O) groups is 4. The predicted octanol–water partition coefficient (Wildman–Crippen LogP) is 5.81. The van der Waals surface area contributed by atoms with Crippen LogP contribution in [0.25, 0.3) is 0 Å². The number of amides is 3. The number of carbonyl (C=O) groups excluding carboxylic acids is 4. The Hall–Kier alpha value is -4.93. The lowest BCUT2D eigenvalue weighted by Gasteiger charge is -2.36. The second-order valence-electron chi connectivity index (χ2n) is 12.3. The van der Waals surface area contributed by atoms with E-state index in [-0.39, 0.29) is 24.8 Å². The molecule has 2 atom stereocenters. The number of ether oxygens (including phenoxy) is 4. The van der Waals surface area contributed by atoms with Crippen LogP contribution in [-0.4, -0.2) is 46.5 Å². The second-order valence-corrected chi connectivity index (χ2v) is 12.3. The number of aromatic nitrogens is 1. The number of rotatable bonds is 8. The molecule has 3 aromatic rings. The van der Waals surface area contributed by atoms with E-state index in [2.05, 4.69) is 10.3 Å². The van der Waals surface area contributed by atoms with Crippen LogP contribution in [0.1, 0.15) is 63.0 Å². The first-order chi connectivity index (χ1) is 20.7. The SMILES string of the molecule is CC(C)(C)OC(=O)N(C(=O)OC(C)(C)C)c1cc(C[C@H]2C(=O)N[C@@H]2Oc2cccc(C(=O)OCc3ccccc3)c2)ccn1. The maximum absolute atomic E-state index is 13.0. The molecule has 3 amide bonds. The third-order valence-corrected chi connectivity index (χ3v) is 6.18. The first-order valence-electron chi connectivity index (χ1n) is 14.2. The largest absolute Gasteiger partial charge is 0.470 e. The van der Waals surface area contributed by atoms with Gasteiger partial charge in [-0.15, -0.1) is 0 Å². The highest BCUT2D eigenvalue weighted by molar-refractivity contribution is 6.08. The van der Waals surface area contributed by atoms with E-state index in [9.17, 15) is 19.2 Å². The number of esters is 1. The van der Waals surface area contributed by atoms with Crippen LogP contribution in [0.3, 0.4) is 0 Å². The van der Waals surface area contributed by atoms with Crippen LogP contribution in [0.15, 0.2) is 72.9 Å². The van der Waals surface area contributed by atoms with Crippen LogP contribution in [0.2, 0.25) is 0 Å². The van der Waals surface area contributed by atoms with Gasteiger partial charge in [-0.1, -0.05) is 36.4 Å². The molecule has 0 aliphatic carbocycles. The summed E-state index contributed by atoms with van der Waals surface area (Å²) in [6.07, 6.45) is -0.908. The minimum absolute atomic E-state index is 0.00934. The molecule has 0 radical (unpaired) electrons. The summed E-state index contributed by atoms with van der Waals surface area (Å²) in [5.74, 6) is -0.953. The summed E-state index contributed by atoms with van der Waals surface area (Å²) in [5, 5.41) is 2.73. The van der Waals surface area contributed by atoms with Gasteiger partial charge in [-0.05, 0) is 89.4 Å². The van der Waals surface area contributed by atoms with Crippen molar-refractivity contribution in [2.75, 3.05) is 4.90 Å². The van der Waals surface area contributed by atoms with Crippen molar-refractivity contribution in [2.24, 2.45) is 5.92 Å². The summed E-state index contributed by atoms with van der Waals surface area (Å²) < 4.78 is 22.3. The van der Waals surface area contributed by atoms with E-state index < -0.39 is 41.5 Å². The Balaban J connectivity index is 1.45. The van der Waals surface area contributed by atoms with Gasteiger partial charge in [-0.3, -0.25) is 4.79 Å². The van der Waals surface area contributed by atoms with Gasteiger partial charge < -0.3 is 24.3 Å². The van der Waals surface area contributed by atoms with Crippen LogP contribution < -0.4 is 15.0 Å². The molecule has 1 fully saturated rings. The lowest BCUT2D eigenvalue weighted by atomic mass is 9.91. The molecule has 44 heavy (non-hydrogen) atoms. The van der Waals surface area contributed by atoms with Crippen molar-refractivity contribution in [3.05, 3.63) is 89.6 Å². The number of hydrogen-bond donors (Lipinski definition) is 1. The van der Waals surface area contributed by atoms with E-state index >= 15 is 0 Å². The number of benzene rings is 2. The van der Waals surface area contributed by atoms with Gasteiger partial charge in [0.05, 0.1) is 11.5 Å². The standard InChI is InChI=1S/C33H37N3O8/c1-32(2,3)43-30(39)36(31(40)44-33(4,5)6)26-18-22(15-16-34-26)17-25-27(37)35-28(25)42-24-14-10-13-23(19-24)29(38)41-20-21-11-8-7-9-12-21/h7-16,18-19,25,28H,17,20H2,1-6H3,(H,35,37)/t25-,28+/m0/s1. The van der Waals surface area contributed by atoms with Crippen molar-refractivity contribution < 1.29 is 38.1 Å². The number of nitrogens with one attached hydrogen (secondary N) is 1. The normalized spacial score (nSPS) is 16.2. The highest BCUT2D eigenvalue weighted by atomic mass is 16.6. The topological polar surface area (TPSA) is 133 Å². The number of nitrogens with zero attached hydrogens (tertiary/aromatic N) is 2. The third-order valence-electron chi connectivity index (χ3n) is 6.18. The minimum atomic E-state index is -0.943. The van der Waals surface area contributed by atoms with Crippen LogP contribution in [0, 0.1) is 5.92 Å². The first kappa shape index (κ1) is 32.0. The molecule has 232 valence electrons. The van der Waals surface area contributed by atoms with Gasteiger partial charge in [-0.2, -0.15) is 4.90 Å². The van der Waals surface area contributed by atoms with Gasteiger partial charge in [0.25, 0.3) is 0 Å². The molecule has 1 aromatic heterocycles. The van der Waals surface area contributed by atoms with Crippen LogP contribution in [-0.2, 0) is 32.0 Å². The van der Waals surface area contributed by atoms with Crippen molar-refractivity contribution in [3.63, 3.8) is 0 Å². The number of anilines is 1. The van der Waals surface area contributed by atoms with E-state index in [0.29, 0.717) is 16.9 Å². The zero-order valence-electron chi connectivity index (χ0n) is 25.7. The highest BCUT2D eigenvalue weighted by Gasteiger charge is 2.41. The quantitative estimate of drug-likeness (QED) is 0.192. The molecular weight excluding hydrogens is 566 g/mol. The summed E-state index contributed by atoms with van der Waals surface area (Å²) >= 11 is 0. The maximum Gasteiger partial charge on any atom is 0.425 e.